The van der Waals surface area contributed by atoms with Crippen LogP contribution in [0.3, 0.4) is 0 Å². The van der Waals surface area contributed by atoms with Crippen molar-refractivity contribution in [3.05, 3.63) is 17.7 Å². The lowest BCUT2D eigenvalue weighted by Crippen LogP contribution is -2.24. The first kappa shape index (κ1) is 16.8. The second-order valence-electron chi connectivity index (χ2n) is 5.31. The summed E-state index contributed by atoms with van der Waals surface area (Å²) in [5.74, 6) is -0.226. The van der Waals surface area contributed by atoms with Crippen molar-refractivity contribution in [3.63, 3.8) is 0 Å². The van der Waals surface area contributed by atoms with Crippen molar-refractivity contribution in [2.45, 2.75) is 45.1 Å². The Bertz CT molecular complexity index is 629. The summed E-state index contributed by atoms with van der Waals surface area (Å²) in [5, 5.41) is 0. The molecule has 0 heterocycles. The highest BCUT2D eigenvalue weighted by molar-refractivity contribution is 8.13. The summed E-state index contributed by atoms with van der Waals surface area (Å²) < 4.78 is 33.5. The molecule has 0 aliphatic heterocycles. The lowest BCUT2D eigenvalue weighted by atomic mass is 10.1. The van der Waals surface area contributed by atoms with E-state index >= 15 is 0 Å². The standard InChI is InChI=1S/C13H17ClO5S/c1-8-6-10(20(14,16)17)7-11(18-9(2)15)12(8)19-13(3,4)5/h6-7H,1-5H3. The maximum Gasteiger partial charge on any atom is 0.308 e. The van der Waals surface area contributed by atoms with Crippen LogP contribution in [0.4, 0.5) is 0 Å². The van der Waals surface area contributed by atoms with E-state index in [4.69, 9.17) is 20.2 Å². The minimum atomic E-state index is -3.92. The Morgan fingerprint density at radius 2 is 1.80 bits per heavy atom. The molecule has 0 atom stereocenters. The Balaban J connectivity index is 3.46. The van der Waals surface area contributed by atoms with Gasteiger partial charge in [0, 0.05) is 23.7 Å². The molecule has 1 aromatic rings. The van der Waals surface area contributed by atoms with Crippen LogP contribution in [0.1, 0.15) is 33.3 Å². The highest BCUT2D eigenvalue weighted by Gasteiger charge is 2.22. The third-order valence-electron chi connectivity index (χ3n) is 2.16. The summed E-state index contributed by atoms with van der Waals surface area (Å²) in [4.78, 5) is 11.0. The first-order valence-electron chi connectivity index (χ1n) is 5.87. The SMILES string of the molecule is CC(=O)Oc1cc(S(=O)(=O)Cl)cc(C)c1OC(C)(C)C. The van der Waals surface area contributed by atoms with Crippen molar-refractivity contribution in [1.29, 1.82) is 0 Å². The Morgan fingerprint density at radius 3 is 2.20 bits per heavy atom. The molecule has 20 heavy (non-hydrogen) atoms. The number of rotatable bonds is 3. The molecular weight excluding hydrogens is 304 g/mol. The Kier molecular flexibility index (Phi) is 4.71. The molecule has 0 aromatic heterocycles. The van der Waals surface area contributed by atoms with E-state index in [2.05, 4.69) is 0 Å². The molecular formula is C13H17ClO5S. The Hall–Kier alpha value is -1.27. The first-order valence-corrected chi connectivity index (χ1v) is 8.18. The van der Waals surface area contributed by atoms with E-state index in [1.165, 1.54) is 19.1 Å². The quantitative estimate of drug-likeness (QED) is 0.486. The second kappa shape index (κ2) is 5.61. The summed E-state index contributed by atoms with van der Waals surface area (Å²) in [5.41, 5.74) is -0.0148. The maximum atomic E-state index is 11.4. The Labute approximate surface area is 123 Å². The average molecular weight is 321 g/mol. The lowest BCUT2D eigenvalue weighted by Gasteiger charge is -2.24. The van der Waals surface area contributed by atoms with Crippen molar-refractivity contribution in [2.24, 2.45) is 0 Å². The van der Waals surface area contributed by atoms with Crippen molar-refractivity contribution in [3.8, 4) is 11.5 Å². The normalized spacial score (nSPS) is 12.1. The third kappa shape index (κ3) is 4.68. The van der Waals surface area contributed by atoms with Gasteiger partial charge in [-0.3, -0.25) is 4.79 Å². The molecule has 0 aliphatic rings. The topological polar surface area (TPSA) is 69.7 Å². The summed E-state index contributed by atoms with van der Waals surface area (Å²) in [6.07, 6.45) is 0. The number of aryl methyl sites for hydroxylation is 1. The minimum absolute atomic E-state index is 0.0339. The molecule has 0 saturated carbocycles. The average Bonchev–Trinajstić information content (AvgIpc) is 2.18. The fraction of sp³-hybridized carbons (Fsp3) is 0.462. The van der Waals surface area contributed by atoms with Gasteiger partial charge in [0.15, 0.2) is 11.5 Å². The summed E-state index contributed by atoms with van der Waals surface area (Å²) in [6.45, 7) is 8.36. The third-order valence-corrected chi connectivity index (χ3v) is 3.49. The van der Waals surface area contributed by atoms with Gasteiger partial charge in [-0.15, -0.1) is 0 Å². The van der Waals surface area contributed by atoms with Crippen LogP contribution in [-0.2, 0) is 13.8 Å². The van der Waals surface area contributed by atoms with Crippen molar-refractivity contribution < 1.29 is 22.7 Å². The number of benzene rings is 1. The largest absolute Gasteiger partial charge is 0.484 e. The molecule has 0 spiro atoms. The molecule has 0 unspecified atom stereocenters. The predicted molar refractivity (Wildman–Crippen MR) is 75.9 cm³/mol. The number of hydrogen-bond acceptors (Lipinski definition) is 5. The van der Waals surface area contributed by atoms with Gasteiger partial charge in [-0.2, -0.15) is 0 Å². The van der Waals surface area contributed by atoms with E-state index in [1.807, 2.05) is 20.8 Å². The van der Waals surface area contributed by atoms with E-state index < -0.39 is 20.6 Å². The molecule has 7 heteroatoms. The Morgan fingerprint density at radius 1 is 1.25 bits per heavy atom. The molecule has 0 radical (unpaired) electrons. The predicted octanol–water partition coefficient (Wildman–Crippen LogP) is 3.03. The van der Waals surface area contributed by atoms with Crippen LogP contribution in [0, 0.1) is 6.92 Å². The number of hydrogen-bond donors (Lipinski definition) is 0. The molecule has 0 bridgehead atoms. The molecule has 1 rings (SSSR count). The number of ether oxygens (including phenoxy) is 2. The van der Waals surface area contributed by atoms with Crippen molar-refractivity contribution >= 4 is 25.7 Å². The number of carbonyl (C=O) groups excluding carboxylic acids is 1. The molecule has 0 N–H and O–H groups in total. The van der Waals surface area contributed by atoms with Crippen molar-refractivity contribution in [1.82, 2.24) is 0 Å². The molecule has 0 fully saturated rings. The van der Waals surface area contributed by atoms with E-state index in [0.29, 0.717) is 11.3 Å². The van der Waals surface area contributed by atoms with E-state index in [9.17, 15) is 13.2 Å². The zero-order valence-corrected chi connectivity index (χ0v) is 13.6. The van der Waals surface area contributed by atoms with Crippen LogP contribution >= 0.6 is 10.7 Å². The van der Waals surface area contributed by atoms with Gasteiger partial charge in [-0.1, -0.05) is 0 Å². The first-order chi connectivity index (χ1) is 8.90. The second-order valence-corrected chi connectivity index (χ2v) is 7.88. The molecule has 0 amide bonds. The van der Waals surface area contributed by atoms with Gasteiger partial charge in [0.25, 0.3) is 9.05 Å². The fourth-order valence-electron chi connectivity index (χ4n) is 1.52. The van der Waals surface area contributed by atoms with Crippen LogP contribution in [0.15, 0.2) is 17.0 Å². The van der Waals surface area contributed by atoms with Crippen LogP contribution in [-0.4, -0.2) is 20.0 Å². The lowest BCUT2D eigenvalue weighted by molar-refractivity contribution is -0.132. The molecule has 112 valence electrons. The van der Waals surface area contributed by atoms with E-state index in [-0.39, 0.29) is 10.6 Å². The van der Waals surface area contributed by atoms with Crippen LogP contribution < -0.4 is 9.47 Å². The van der Waals surface area contributed by atoms with Gasteiger partial charge in [0.1, 0.15) is 5.60 Å². The summed E-state index contributed by atoms with van der Waals surface area (Å²) in [6, 6.07) is 2.55. The smallest absolute Gasteiger partial charge is 0.308 e. The van der Waals surface area contributed by atoms with Crippen LogP contribution in [0.5, 0.6) is 11.5 Å². The monoisotopic (exact) mass is 320 g/mol. The molecule has 0 aliphatic carbocycles. The number of esters is 1. The molecule has 1 aromatic carbocycles. The van der Waals surface area contributed by atoms with Gasteiger partial charge in [0.2, 0.25) is 0 Å². The summed E-state index contributed by atoms with van der Waals surface area (Å²) in [7, 11) is 1.40. The van der Waals surface area contributed by atoms with Crippen molar-refractivity contribution in [2.75, 3.05) is 0 Å². The number of halogens is 1. The zero-order chi connectivity index (χ0) is 15.7. The van der Waals surface area contributed by atoms with E-state index in [1.54, 1.807) is 6.92 Å². The van der Waals surface area contributed by atoms with Gasteiger partial charge >= 0.3 is 5.97 Å². The van der Waals surface area contributed by atoms with Gasteiger partial charge in [-0.05, 0) is 39.3 Å². The fourth-order valence-corrected chi connectivity index (χ4v) is 2.35. The van der Waals surface area contributed by atoms with Gasteiger partial charge in [-0.25, -0.2) is 8.42 Å². The molecule has 0 saturated heterocycles. The number of carbonyl (C=O) groups is 1. The highest BCUT2D eigenvalue weighted by Crippen LogP contribution is 2.37. The highest BCUT2D eigenvalue weighted by atomic mass is 35.7. The zero-order valence-electron chi connectivity index (χ0n) is 12.0. The van der Waals surface area contributed by atoms with Crippen LogP contribution in [0.2, 0.25) is 0 Å². The maximum absolute atomic E-state index is 11.4. The van der Waals surface area contributed by atoms with Crippen LogP contribution in [0.25, 0.3) is 0 Å². The van der Waals surface area contributed by atoms with E-state index in [0.717, 1.165) is 0 Å². The minimum Gasteiger partial charge on any atom is -0.484 e. The van der Waals surface area contributed by atoms with Gasteiger partial charge < -0.3 is 9.47 Å². The summed E-state index contributed by atoms with van der Waals surface area (Å²) >= 11 is 0. The molecule has 5 nitrogen and oxygen atoms in total. The van der Waals surface area contributed by atoms with Gasteiger partial charge in [0.05, 0.1) is 4.90 Å².